The summed E-state index contributed by atoms with van der Waals surface area (Å²) in [7, 11) is 3.45. The van der Waals surface area contributed by atoms with Gasteiger partial charge < -0.3 is 14.2 Å². The molecule has 0 spiro atoms. The van der Waals surface area contributed by atoms with E-state index in [0.29, 0.717) is 0 Å². The van der Waals surface area contributed by atoms with Crippen LogP contribution < -0.4 is 4.74 Å². The van der Waals surface area contributed by atoms with E-state index in [1.807, 2.05) is 36.7 Å². The Labute approximate surface area is 128 Å². The zero-order valence-corrected chi connectivity index (χ0v) is 13.1. The van der Waals surface area contributed by atoms with Crippen molar-refractivity contribution >= 4 is 28.5 Å². The van der Waals surface area contributed by atoms with Crippen molar-refractivity contribution in [1.29, 1.82) is 0 Å². The molecule has 1 fully saturated rings. The summed E-state index contributed by atoms with van der Waals surface area (Å²) < 4.78 is 7.26. The molecule has 0 bridgehead atoms. The molecule has 1 aliphatic rings. The molecule has 1 amide bonds. The first-order valence-corrected chi connectivity index (χ1v) is 7.41. The number of alkyl halides is 1. The molecule has 1 aromatic heterocycles. The summed E-state index contributed by atoms with van der Waals surface area (Å²) in [6.45, 7) is 2.63. The van der Waals surface area contributed by atoms with Gasteiger partial charge in [0.25, 0.3) is 0 Å². The van der Waals surface area contributed by atoms with Crippen LogP contribution in [-0.2, 0) is 4.79 Å². The van der Waals surface area contributed by atoms with Gasteiger partial charge in [0.15, 0.2) is 0 Å². The third-order valence-electron chi connectivity index (χ3n) is 3.99. The second-order valence-corrected chi connectivity index (χ2v) is 6.03. The van der Waals surface area contributed by atoms with Gasteiger partial charge in [-0.1, -0.05) is 0 Å². The minimum atomic E-state index is -0.262. The molecule has 2 heterocycles. The molecular formula is C15H18ClN3O2. The molecule has 1 aliphatic heterocycles. The van der Waals surface area contributed by atoms with E-state index in [0.717, 1.165) is 35.6 Å². The summed E-state index contributed by atoms with van der Waals surface area (Å²) in [6.07, 6.45) is 0.772. The molecule has 0 radical (unpaired) electrons. The Hall–Kier alpha value is -1.75. The van der Waals surface area contributed by atoms with Crippen LogP contribution in [0.25, 0.3) is 11.0 Å². The molecule has 2 aromatic rings. The van der Waals surface area contributed by atoms with Crippen LogP contribution in [0.5, 0.6) is 5.75 Å². The number of halogens is 1. The lowest BCUT2D eigenvalue weighted by atomic mass is 10.2. The molecule has 0 N–H and O–H groups in total. The first kappa shape index (κ1) is 14.2. The topological polar surface area (TPSA) is 47.4 Å². The Morgan fingerprint density at radius 2 is 2.24 bits per heavy atom. The van der Waals surface area contributed by atoms with Crippen LogP contribution in [0.2, 0.25) is 0 Å². The fraction of sp³-hybridized carbons (Fsp3) is 0.467. The van der Waals surface area contributed by atoms with Gasteiger partial charge in [0.2, 0.25) is 5.91 Å². The van der Waals surface area contributed by atoms with Gasteiger partial charge >= 0.3 is 0 Å². The monoisotopic (exact) mass is 307 g/mol. The predicted octanol–water partition coefficient (Wildman–Crippen LogP) is 2.75. The summed E-state index contributed by atoms with van der Waals surface area (Å²) in [5, 5.41) is -0.262. The molecule has 1 saturated heterocycles. The van der Waals surface area contributed by atoms with Gasteiger partial charge in [-0.05, 0) is 25.5 Å². The maximum absolute atomic E-state index is 12.4. The maximum atomic E-state index is 12.4. The number of amides is 1. The minimum Gasteiger partial charge on any atom is -0.497 e. The normalized spacial score (nSPS) is 20.3. The van der Waals surface area contributed by atoms with E-state index in [2.05, 4.69) is 4.98 Å². The quantitative estimate of drug-likeness (QED) is 0.819. The summed E-state index contributed by atoms with van der Waals surface area (Å²) in [5.74, 6) is 1.58. The number of carbonyl (C=O) groups is 1. The number of likely N-dealkylation sites (N-methyl/N-ethyl adjacent to an activating group) is 1. The molecule has 1 aromatic carbocycles. The van der Waals surface area contributed by atoms with Gasteiger partial charge in [-0.25, -0.2) is 4.98 Å². The first-order chi connectivity index (χ1) is 10.0. The molecule has 2 unspecified atom stereocenters. The lowest BCUT2D eigenvalue weighted by molar-refractivity contribution is -0.129. The van der Waals surface area contributed by atoms with Gasteiger partial charge in [0.05, 0.1) is 23.5 Å². The van der Waals surface area contributed by atoms with Crippen molar-refractivity contribution in [3.05, 3.63) is 24.0 Å². The number of imidazole rings is 1. The van der Waals surface area contributed by atoms with E-state index in [-0.39, 0.29) is 17.3 Å². The molecule has 112 valence electrons. The van der Waals surface area contributed by atoms with Gasteiger partial charge in [-0.2, -0.15) is 0 Å². The number of fused-ring (bicyclic) bond motifs is 1. The average molecular weight is 308 g/mol. The third-order valence-corrected chi connectivity index (χ3v) is 4.19. The molecular weight excluding hydrogens is 290 g/mol. The van der Waals surface area contributed by atoms with Crippen molar-refractivity contribution in [2.45, 2.75) is 24.8 Å². The van der Waals surface area contributed by atoms with E-state index >= 15 is 0 Å². The second kappa shape index (κ2) is 5.22. The van der Waals surface area contributed by atoms with Gasteiger partial charge in [0, 0.05) is 19.7 Å². The molecule has 0 saturated carbocycles. The predicted molar refractivity (Wildman–Crippen MR) is 81.8 cm³/mol. The fourth-order valence-corrected chi connectivity index (χ4v) is 3.02. The van der Waals surface area contributed by atoms with Gasteiger partial charge in [0.1, 0.15) is 17.6 Å². The van der Waals surface area contributed by atoms with Crippen molar-refractivity contribution in [3.8, 4) is 5.75 Å². The van der Waals surface area contributed by atoms with Crippen LogP contribution >= 0.6 is 11.6 Å². The maximum Gasteiger partial charge on any atom is 0.245 e. The highest BCUT2D eigenvalue weighted by atomic mass is 35.5. The number of likely N-dealkylation sites (tertiary alicyclic amines) is 1. The van der Waals surface area contributed by atoms with E-state index in [1.54, 1.807) is 12.0 Å². The number of rotatable bonds is 3. The number of carbonyl (C=O) groups excluding carboxylic acids is 1. The molecule has 0 aliphatic carbocycles. The second-order valence-electron chi connectivity index (χ2n) is 5.37. The zero-order valence-electron chi connectivity index (χ0n) is 12.3. The smallest absolute Gasteiger partial charge is 0.245 e. The molecule has 21 heavy (non-hydrogen) atoms. The number of hydrogen-bond donors (Lipinski definition) is 0. The van der Waals surface area contributed by atoms with E-state index in [9.17, 15) is 4.79 Å². The molecule has 2 atom stereocenters. The van der Waals surface area contributed by atoms with Gasteiger partial charge in [-0.15, -0.1) is 11.6 Å². The highest BCUT2D eigenvalue weighted by molar-refractivity contribution is 6.20. The van der Waals surface area contributed by atoms with Crippen molar-refractivity contribution in [2.75, 3.05) is 20.7 Å². The van der Waals surface area contributed by atoms with Crippen LogP contribution in [0, 0.1) is 0 Å². The largest absolute Gasteiger partial charge is 0.497 e. The van der Waals surface area contributed by atoms with Crippen molar-refractivity contribution in [1.82, 2.24) is 14.5 Å². The number of ether oxygens (including phenoxy) is 1. The standard InChI is InChI=1S/C15H18ClN3O2/c1-9(16)14-17-11-5-4-10(21-3)8-13(11)19(14)12-6-7-18(2)15(12)20/h4-5,8-9,12H,6-7H2,1-3H3. The van der Waals surface area contributed by atoms with Crippen LogP contribution in [0.4, 0.5) is 0 Å². The van der Waals surface area contributed by atoms with Crippen molar-refractivity contribution < 1.29 is 9.53 Å². The number of nitrogens with zero attached hydrogens (tertiary/aromatic N) is 3. The highest BCUT2D eigenvalue weighted by Gasteiger charge is 2.34. The van der Waals surface area contributed by atoms with Crippen molar-refractivity contribution in [2.24, 2.45) is 0 Å². The SMILES string of the molecule is COc1ccc2nc(C(C)Cl)n(C3CCN(C)C3=O)c2c1. The van der Waals surface area contributed by atoms with E-state index in [1.165, 1.54) is 0 Å². The number of hydrogen-bond acceptors (Lipinski definition) is 3. The fourth-order valence-electron chi connectivity index (χ4n) is 2.87. The zero-order chi connectivity index (χ0) is 15.1. The van der Waals surface area contributed by atoms with Crippen molar-refractivity contribution in [3.63, 3.8) is 0 Å². The Kier molecular flexibility index (Phi) is 3.53. The Morgan fingerprint density at radius 3 is 2.81 bits per heavy atom. The Balaban J connectivity index is 2.22. The third kappa shape index (κ3) is 2.25. The lowest BCUT2D eigenvalue weighted by Crippen LogP contribution is -2.25. The summed E-state index contributed by atoms with van der Waals surface area (Å²) in [4.78, 5) is 18.7. The summed E-state index contributed by atoms with van der Waals surface area (Å²) >= 11 is 6.28. The van der Waals surface area contributed by atoms with Gasteiger partial charge in [-0.3, -0.25) is 4.79 Å². The first-order valence-electron chi connectivity index (χ1n) is 6.98. The Bertz CT molecular complexity index is 696. The van der Waals surface area contributed by atoms with Crippen LogP contribution in [0.15, 0.2) is 18.2 Å². The number of benzene rings is 1. The van der Waals surface area contributed by atoms with Crippen LogP contribution in [0.1, 0.15) is 30.6 Å². The minimum absolute atomic E-state index is 0.107. The highest BCUT2D eigenvalue weighted by Crippen LogP contribution is 2.34. The number of methoxy groups -OCH3 is 1. The Morgan fingerprint density at radius 1 is 1.48 bits per heavy atom. The lowest BCUT2D eigenvalue weighted by Gasteiger charge is -2.17. The summed E-state index contributed by atoms with van der Waals surface area (Å²) in [6, 6.07) is 5.45. The average Bonchev–Trinajstić information content (AvgIpc) is 3.00. The van der Waals surface area contributed by atoms with E-state index in [4.69, 9.17) is 16.3 Å². The molecule has 6 heteroatoms. The molecule has 5 nitrogen and oxygen atoms in total. The number of aromatic nitrogens is 2. The van der Waals surface area contributed by atoms with Crippen LogP contribution in [-0.4, -0.2) is 41.1 Å². The molecule has 3 rings (SSSR count). The van der Waals surface area contributed by atoms with Crippen LogP contribution in [0.3, 0.4) is 0 Å². The summed E-state index contributed by atoms with van der Waals surface area (Å²) in [5.41, 5.74) is 1.73. The van der Waals surface area contributed by atoms with E-state index < -0.39 is 0 Å².